The minimum absolute atomic E-state index is 0.195. The van der Waals surface area contributed by atoms with E-state index in [1.165, 1.54) is 0 Å². The first-order valence-corrected chi connectivity index (χ1v) is 9.57. The molecule has 0 aliphatic carbocycles. The van der Waals surface area contributed by atoms with Gasteiger partial charge in [-0.2, -0.15) is 0 Å². The van der Waals surface area contributed by atoms with Gasteiger partial charge in [0.05, 0.1) is 25.4 Å². The van der Waals surface area contributed by atoms with Crippen LogP contribution in [0.25, 0.3) is 0 Å². The summed E-state index contributed by atoms with van der Waals surface area (Å²) in [5.41, 5.74) is 0. The Hall–Kier alpha value is -0.690. The van der Waals surface area contributed by atoms with E-state index in [0.29, 0.717) is 31.2 Å². The zero-order valence-electron chi connectivity index (χ0n) is 15.2. The Labute approximate surface area is 145 Å². The topological polar surface area (TPSA) is 54.0 Å². The molecule has 0 radical (unpaired) electrons. The first-order valence-electron chi connectivity index (χ1n) is 9.57. The van der Waals surface area contributed by atoms with Gasteiger partial charge in [-0.15, -0.1) is 0 Å². The van der Waals surface area contributed by atoms with Crippen LogP contribution >= 0.6 is 0 Å². The minimum Gasteiger partial charge on any atom is -0.378 e. The van der Waals surface area contributed by atoms with Gasteiger partial charge in [-0.3, -0.25) is 9.69 Å². The van der Waals surface area contributed by atoms with Gasteiger partial charge in [0.1, 0.15) is 0 Å². The predicted molar refractivity (Wildman–Crippen MR) is 93.0 cm³/mol. The Morgan fingerprint density at radius 3 is 2.50 bits per heavy atom. The smallest absolute Gasteiger partial charge is 0.224 e. The van der Waals surface area contributed by atoms with Crippen LogP contribution in [0.15, 0.2) is 0 Å². The fourth-order valence-corrected chi connectivity index (χ4v) is 4.25. The van der Waals surface area contributed by atoms with Crippen molar-refractivity contribution in [2.24, 2.45) is 5.92 Å². The molecule has 3 fully saturated rings. The van der Waals surface area contributed by atoms with Crippen molar-refractivity contribution in [2.45, 2.75) is 51.4 Å². The van der Waals surface area contributed by atoms with Gasteiger partial charge in [0.25, 0.3) is 0 Å². The van der Waals surface area contributed by atoms with Crippen molar-refractivity contribution in [3.63, 3.8) is 0 Å². The van der Waals surface area contributed by atoms with Crippen molar-refractivity contribution in [3.05, 3.63) is 0 Å². The fourth-order valence-electron chi connectivity index (χ4n) is 4.25. The van der Waals surface area contributed by atoms with E-state index in [-0.39, 0.29) is 11.9 Å². The summed E-state index contributed by atoms with van der Waals surface area (Å²) >= 11 is 0. The highest BCUT2D eigenvalue weighted by Crippen LogP contribution is 2.21. The number of ether oxygens (including phenoxy) is 2. The molecule has 3 aliphatic heterocycles. The van der Waals surface area contributed by atoms with Crippen molar-refractivity contribution in [1.29, 1.82) is 0 Å². The second kappa shape index (κ2) is 8.61. The third kappa shape index (κ3) is 5.15. The molecule has 3 unspecified atom stereocenters. The Morgan fingerprint density at radius 2 is 1.88 bits per heavy atom. The molecule has 0 bridgehead atoms. The average Bonchev–Trinajstić information content (AvgIpc) is 2.55. The van der Waals surface area contributed by atoms with E-state index < -0.39 is 0 Å². The molecule has 1 N–H and O–H groups in total. The Kier molecular flexibility index (Phi) is 6.49. The summed E-state index contributed by atoms with van der Waals surface area (Å²) in [6.07, 6.45) is 3.49. The number of nitrogens with one attached hydrogen (secondary N) is 1. The Morgan fingerprint density at radius 1 is 1.17 bits per heavy atom. The van der Waals surface area contributed by atoms with E-state index >= 15 is 0 Å². The van der Waals surface area contributed by atoms with Gasteiger partial charge >= 0.3 is 0 Å². The highest BCUT2D eigenvalue weighted by molar-refractivity contribution is 5.77. The van der Waals surface area contributed by atoms with Gasteiger partial charge in [0.15, 0.2) is 0 Å². The fraction of sp³-hybridized carbons (Fsp3) is 0.944. The van der Waals surface area contributed by atoms with E-state index in [9.17, 15) is 4.79 Å². The second-order valence-electron chi connectivity index (χ2n) is 7.73. The Bertz CT molecular complexity index is 396. The number of hydrogen-bond acceptors (Lipinski definition) is 5. The molecule has 0 aromatic heterocycles. The van der Waals surface area contributed by atoms with Gasteiger partial charge in [-0.1, -0.05) is 0 Å². The molecule has 24 heavy (non-hydrogen) atoms. The summed E-state index contributed by atoms with van der Waals surface area (Å²) in [6.45, 7) is 11.6. The minimum atomic E-state index is 0.195. The maximum absolute atomic E-state index is 12.5. The highest BCUT2D eigenvalue weighted by Gasteiger charge is 2.28. The third-order valence-corrected chi connectivity index (χ3v) is 5.40. The van der Waals surface area contributed by atoms with Crippen LogP contribution in [0.5, 0.6) is 0 Å². The molecule has 0 spiro atoms. The average molecular weight is 339 g/mol. The lowest BCUT2D eigenvalue weighted by Crippen LogP contribution is -2.49. The zero-order valence-corrected chi connectivity index (χ0v) is 15.2. The van der Waals surface area contributed by atoms with Gasteiger partial charge in [-0.05, 0) is 32.6 Å². The van der Waals surface area contributed by atoms with E-state index in [1.54, 1.807) is 0 Å². The highest BCUT2D eigenvalue weighted by atomic mass is 16.5. The first kappa shape index (κ1) is 18.1. The van der Waals surface area contributed by atoms with Gasteiger partial charge in [0.2, 0.25) is 5.91 Å². The molecule has 3 heterocycles. The maximum Gasteiger partial charge on any atom is 0.224 e. The maximum atomic E-state index is 12.5. The first-order chi connectivity index (χ1) is 11.6. The number of piperidine rings is 1. The van der Waals surface area contributed by atoms with E-state index in [2.05, 4.69) is 29.0 Å². The van der Waals surface area contributed by atoms with Crippen molar-refractivity contribution >= 4 is 5.91 Å². The largest absolute Gasteiger partial charge is 0.378 e. The number of nitrogens with zero attached hydrogens (tertiary/aromatic N) is 2. The molecule has 3 aliphatic rings. The van der Waals surface area contributed by atoms with Crippen LogP contribution < -0.4 is 5.32 Å². The lowest BCUT2D eigenvalue weighted by Gasteiger charge is -2.39. The van der Waals surface area contributed by atoms with Crippen molar-refractivity contribution in [3.8, 4) is 0 Å². The van der Waals surface area contributed by atoms with Crippen LogP contribution in [0.3, 0.4) is 0 Å². The lowest BCUT2D eigenvalue weighted by atomic mass is 9.95. The van der Waals surface area contributed by atoms with Crippen LogP contribution in [-0.4, -0.2) is 86.4 Å². The molecule has 3 saturated heterocycles. The number of likely N-dealkylation sites (tertiary alicyclic amines) is 1. The van der Waals surface area contributed by atoms with Gasteiger partial charge in [-0.25, -0.2) is 0 Å². The van der Waals surface area contributed by atoms with Crippen LogP contribution in [0, 0.1) is 5.92 Å². The van der Waals surface area contributed by atoms with E-state index in [0.717, 1.165) is 58.7 Å². The lowest BCUT2D eigenvalue weighted by molar-refractivity contribution is -0.134. The monoisotopic (exact) mass is 339 g/mol. The van der Waals surface area contributed by atoms with Crippen molar-refractivity contribution in [2.75, 3.05) is 52.5 Å². The number of hydrogen-bond donors (Lipinski definition) is 1. The molecule has 0 aromatic carbocycles. The summed E-state index contributed by atoms with van der Waals surface area (Å²) in [4.78, 5) is 17.1. The summed E-state index contributed by atoms with van der Waals surface area (Å²) in [5.74, 6) is 0.993. The summed E-state index contributed by atoms with van der Waals surface area (Å²) < 4.78 is 11.3. The van der Waals surface area contributed by atoms with Crippen LogP contribution in [0.1, 0.15) is 33.1 Å². The van der Waals surface area contributed by atoms with Gasteiger partial charge < -0.3 is 19.7 Å². The van der Waals surface area contributed by atoms with E-state index in [4.69, 9.17) is 9.47 Å². The van der Waals surface area contributed by atoms with Crippen LogP contribution in [-0.2, 0) is 14.3 Å². The zero-order chi connectivity index (χ0) is 16.9. The molecule has 6 heteroatoms. The van der Waals surface area contributed by atoms with E-state index in [1.807, 2.05) is 0 Å². The quantitative estimate of drug-likeness (QED) is 0.818. The number of amides is 1. The molecular formula is C18H33N3O3. The van der Waals surface area contributed by atoms with Crippen molar-refractivity contribution in [1.82, 2.24) is 15.1 Å². The second-order valence-corrected chi connectivity index (χ2v) is 7.73. The molecule has 138 valence electrons. The summed E-state index contributed by atoms with van der Waals surface area (Å²) in [5, 5.41) is 3.37. The summed E-state index contributed by atoms with van der Waals surface area (Å²) in [7, 11) is 0. The molecule has 0 aromatic rings. The number of carbonyl (C=O) groups is 1. The third-order valence-electron chi connectivity index (χ3n) is 5.40. The molecule has 0 saturated carbocycles. The summed E-state index contributed by atoms with van der Waals surface area (Å²) in [6, 6.07) is 0.195. The number of carbonyl (C=O) groups excluding carboxylic acids is 1. The number of rotatable bonds is 4. The molecule has 1 amide bonds. The van der Waals surface area contributed by atoms with Crippen LogP contribution in [0.4, 0.5) is 0 Å². The predicted octanol–water partition coefficient (Wildman–Crippen LogP) is 0.713. The SMILES string of the molecule is CC1CN(CC2CCN(C(=O)CC3COCCN3)CC2)CC(C)O1. The molecule has 3 rings (SSSR count). The van der Waals surface area contributed by atoms with Crippen LogP contribution in [0.2, 0.25) is 0 Å². The van der Waals surface area contributed by atoms with Gasteiger partial charge in [0, 0.05) is 51.7 Å². The van der Waals surface area contributed by atoms with Crippen molar-refractivity contribution < 1.29 is 14.3 Å². The Balaban J connectivity index is 1.38. The normalized spacial score (nSPS) is 33.6. The standard InChI is InChI=1S/C18H33N3O3/c1-14-10-20(11-15(2)24-14)12-16-3-6-21(7-4-16)18(22)9-17-13-23-8-5-19-17/h14-17,19H,3-13H2,1-2H3. The molecular weight excluding hydrogens is 306 g/mol. The number of morpholine rings is 2. The molecule has 6 nitrogen and oxygen atoms in total. The molecule has 3 atom stereocenters.